The summed E-state index contributed by atoms with van der Waals surface area (Å²) in [6, 6.07) is 0. The molecule has 0 nitrogen and oxygen atoms in total. The fourth-order valence-corrected chi connectivity index (χ4v) is 0.346. The van der Waals surface area contributed by atoms with Gasteiger partial charge in [-0.05, 0) is 19.4 Å². The van der Waals surface area contributed by atoms with Crippen LogP contribution in [0.4, 0.5) is 0 Å². The van der Waals surface area contributed by atoms with Crippen molar-refractivity contribution in [2.24, 2.45) is 0 Å². The van der Waals surface area contributed by atoms with Crippen molar-refractivity contribution < 1.29 is 0 Å². The Hall–Kier alpha value is -0.960. The van der Waals surface area contributed by atoms with E-state index in [2.05, 4.69) is 25.0 Å². The first-order chi connectivity index (χ1) is 4.18. The number of allylic oxidation sites excluding steroid dienone is 2. The lowest BCUT2D eigenvalue weighted by molar-refractivity contribution is 1.27. The highest BCUT2D eigenvalue weighted by Crippen LogP contribution is 2.06. The van der Waals surface area contributed by atoms with Crippen LogP contribution in [-0.2, 0) is 0 Å². The van der Waals surface area contributed by atoms with Gasteiger partial charge in [0.05, 0.1) is 0 Å². The van der Waals surface area contributed by atoms with Crippen molar-refractivity contribution >= 4 is 0 Å². The van der Waals surface area contributed by atoms with Gasteiger partial charge in [-0.2, -0.15) is 0 Å². The Morgan fingerprint density at radius 2 is 2.00 bits per heavy atom. The van der Waals surface area contributed by atoms with E-state index in [1.165, 1.54) is 0 Å². The molecule has 0 aromatic heterocycles. The van der Waals surface area contributed by atoms with Crippen LogP contribution >= 0.6 is 0 Å². The van der Waals surface area contributed by atoms with Crippen LogP contribution in [0.15, 0.2) is 24.3 Å². The molecule has 9 heavy (non-hydrogen) atoms. The Balaban J connectivity index is 3.74. The number of rotatable bonds is 2. The molecule has 0 saturated carbocycles. The molecule has 0 radical (unpaired) electrons. The van der Waals surface area contributed by atoms with E-state index in [4.69, 9.17) is 0 Å². The summed E-state index contributed by atoms with van der Waals surface area (Å²) in [5.41, 5.74) is 2.06. The molecule has 0 aliphatic heterocycles. The molecule has 0 bridgehead atoms. The van der Waals surface area contributed by atoms with Gasteiger partial charge < -0.3 is 0 Å². The first kappa shape index (κ1) is 8.04. The molecular formula is C9H12. The van der Waals surface area contributed by atoms with Crippen LogP contribution in [0.25, 0.3) is 0 Å². The summed E-state index contributed by atoms with van der Waals surface area (Å²) in [5.74, 6) is 5.72. The van der Waals surface area contributed by atoms with Gasteiger partial charge >= 0.3 is 0 Å². The Labute approximate surface area is 57.3 Å². The minimum Gasteiger partial charge on any atom is -0.106 e. The minimum atomic E-state index is 0.756. The van der Waals surface area contributed by atoms with Crippen molar-refractivity contribution in [1.82, 2.24) is 0 Å². The summed E-state index contributed by atoms with van der Waals surface area (Å²) in [6.07, 6.45) is 0.756. The van der Waals surface area contributed by atoms with Crippen LogP contribution in [0.2, 0.25) is 0 Å². The van der Waals surface area contributed by atoms with Crippen LogP contribution in [0.3, 0.4) is 0 Å². The van der Waals surface area contributed by atoms with Crippen LogP contribution < -0.4 is 0 Å². The third-order valence-electron chi connectivity index (χ3n) is 1.08. The van der Waals surface area contributed by atoms with E-state index < -0.39 is 0 Å². The Bertz CT molecular complexity index is 174. The maximum Gasteiger partial charge on any atom is 0.0336 e. The Morgan fingerprint density at radius 1 is 1.44 bits per heavy atom. The molecule has 0 N–H and O–H groups in total. The van der Waals surface area contributed by atoms with E-state index >= 15 is 0 Å². The first-order valence-corrected chi connectivity index (χ1v) is 2.91. The molecule has 0 rings (SSSR count). The standard InChI is InChI=1S/C9H12/c1-5-6-7-9(4)8(2)3/h2,4,7H2,1,3H3. The molecule has 0 spiro atoms. The van der Waals surface area contributed by atoms with Crippen LogP contribution in [-0.4, -0.2) is 0 Å². The third-order valence-corrected chi connectivity index (χ3v) is 1.08. The normalized spacial score (nSPS) is 7.33. The van der Waals surface area contributed by atoms with E-state index in [1.54, 1.807) is 0 Å². The zero-order valence-electron chi connectivity index (χ0n) is 6.12. The van der Waals surface area contributed by atoms with Gasteiger partial charge in [-0.25, -0.2) is 0 Å². The fourth-order valence-electron chi connectivity index (χ4n) is 0.346. The molecule has 0 aromatic carbocycles. The number of hydrogen-bond donors (Lipinski definition) is 0. The quantitative estimate of drug-likeness (QED) is 0.388. The summed E-state index contributed by atoms with van der Waals surface area (Å²) >= 11 is 0. The molecular weight excluding hydrogens is 108 g/mol. The van der Waals surface area contributed by atoms with Crippen molar-refractivity contribution in [2.75, 3.05) is 0 Å². The van der Waals surface area contributed by atoms with E-state index in [9.17, 15) is 0 Å². The maximum atomic E-state index is 3.79. The topological polar surface area (TPSA) is 0 Å². The second-order valence-corrected chi connectivity index (χ2v) is 1.99. The van der Waals surface area contributed by atoms with Gasteiger partial charge in [0, 0.05) is 6.42 Å². The van der Waals surface area contributed by atoms with Crippen molar-refractivity contribution in [3.05, 3.63) is 24.3 Å². The molecule has 0 saturated heterocycles. The summed E-state index contributed by atoms with van der Waals surface area (Å²) in [6.45, 7) is 11.3. The van der Waals surface area contributed by atoms with Crippen molar-refractivity contribution in [3.8, 4) is 11.8 Å². The average Bonchev–Trinajstić information content (AvgIpc) is 1.82. The molecule has 0 heteroatoms. The summed E-state index contributed by atoms with van der Waals surface area (Å²) in [7, 11) is 0. The monoisotopic (exact) mass is 120 g/mol. The zero-order valence-corrected chi connectivity index (χ0v) is 6.12. The van der Waals surface area contributed by atoms with E-state index in [0.717, 1.165) is 17.6 Å². The first-order valence-electron chi connectivity index (χ1n) is 2.91. The van der Waals surface area contributed by atoms with Crippen LogP contribution in [0.5, 0.6) is 0 Å². The predicted octanol–water partition coefficient (Wildman–Crippen LogP) is 2.53. The molecule has 0 amide bonds. The molecule has 0 aliphatic carbocycles. The summed E-state index contributed by atoms with van der Waals surface area (Å²) in [4.78, 5) is 0. The maximum absolute atomic E-state index is 3.79. The Kier molecular flexibility index (Phi) is 3.55. The van der Waals surface area contributed by atoms with E-state index in [-0.39, 0.29) is 0 Å². The van der Waals surface area contributed by atoms with Crippen LogP contribution in [0, 0.1) is 11.8 Å². The second kappa shape index (κ2) is 3.97. The fraction of sp³-hybridized carbons (Fsp3) is 0.333. The van der Waals surface area contributed by atoms with E-state index in [1.807, 2.05) is 13.8 Å². The molecule has 0 aromatic rings. The number of hydrogen-bond acceptors (Lipinski definition) is 0. The lowest BCUT2D eigenvalue weighted by Crippen LogP contribution is -1.77. The Morgan fingerprint density at radius 3 is 2.33 bits per heavy atom. The van der Waals surface area contributed by atoms with Gasteiger partial charge in [0.2, 0.25) is 0 Å². The van der Waals surface area contributed by atoms with E-state index in [0.29, 0.717) is 0 Å². The smallest absolute Gasteiger partial charge is 0.0336 e. The predicted molar refractivity (Wildman–Crippen MR) is 42.0 cm³/mol. The molecule has 0 heterocycles. The van der Waals surface area contributed by atoms with Gasteiger partial charge in [0.1, 0.15) is 0 Å². The van der Waals surface area contributed by atoms with Crippen molar-refractivity contribution in [3.63, 3.8) is 0 Å². The lowest BCUT2D eigenvalue weighted by atomic mass is 10.1. The van der Waals surface area contributed by atoms with Gasteiger partial charge in [-0.1, -0.05) is 24.7 Å². The van der Waals surface area contributed by atoms with Gasteiger partial charge in [-0.15, -0.1) is 5.92 Å². The van der Waals surface area contributed by atoms with Gasteiger partial charge in [-0.3, -0.25) is 0 Å². The van der Waals surface area contributed by atoms with Crippen LogP contribution in [0.1, 0.15) is 20.3 Å². The SMILES string of the molecule is C=C(C)C(=C)CC#CC. The largest absolute Gasteiger partial charge is 0.106 e. The van der Waals surface area contributed by atoms with Gasteiger partial charge in [0.15, 0.2) is 0 Å². The minimum absolute atomic E-state index is 0.756. The lowest BCUT2D eigenvalue weighted by Gasteiger charge is -1.95. The molecule has 0 fully saturated rings. The van der Waals surface area contributed by atoms with Crippen molar-refractivity contribution in [1.29, 1.82) is 0 Å². The van der Waals surface area contributed by atoms with Gasteiger partial charge in [0.25, 0.3) is 0 Å². The molecule has 0 atom stereocenters. The van der Waals surface area contributed by atoms with Crippen molar-refractivity contribution in [2.45, 2.75) is 20.3 Å². The second-order valence-electron chi connectivity index (χ2n) is 1.99. The highest BCUT2D eigenvalue weighted by Gasteiger charge is 1.88. The summed E-state index contributed by atoms with van der Waals surface area (Å²) < 4.78 is 0. The highest BCUT2D eigenvalue weighted by atomic mass is 13.9. The zero-order chi connectivity index (χ0) is 7.28. The molecule has 48 valence electrons. The molecule has 0 aliphatic rings. The average molecular weight is 120 g/mol. The highest BCUT2D eigenvalue weighted by molar-refractivity contribution is 5.27. The third kappa shape index (κ3) is 3.61. The molecule has 0 unspecified atom stereocenters. The summed E-state index contributed by atoms with van der Waals surface area (Å²) in [5, 5.41) is 0.